The molecule has 0 bridgehead atoms. The summed E-state index contributed by atoms with van der Waals surface area (Å²) in [7, 11) is 1.62. The molecule has 40 heavy (non-hydrogen) atoms. The molecule has 0 saturated carbocycles. The number of fused-ring (bicyclic) bond motifs is 1. The number of H-pyrrole nitrogens is 1. The maximum atomic E-state index is 5.87. The Kier molecular flexibility index (Phi) is 8.12. The zero-order valence-electron chi connectivity index (χ0n) is 23.1. The van der Waals surface area contributed by atoms with E-state index in [-0.39, 0.29) is 12.2 Å². The molecule has 12 heteroatoms. The van der Waals surface area contributed by atoms with E-state index >= 15 is 0 Å². The van der Waals surface area contributed by atoms with Crippen LogP contribution in [0.5, 0.6) is 5.75 Å². The third-order valence-electron chi connectivity index (χ3n) is 7.08. The summed E-state index contributed by atoms with van der Waals surface area (Å²) in [5.74, 6) is 2.03. The summed E-state index contributed by atoms with van der Waals surface area (Å²) in [6.07, 6.45) is 5.62. The second kappa shape index (κ2) is 12.1. The van der Waals surface area contributed by atoms with Gasteiger partial charge >= 0.3 is 0 Å². The van der Waals surface area contributed by atoms with Gasteiger partial charge in [0, 0.05) is 69.7 Å². The normalized spacial score (nSPS) is 21.1. The number of methoxy groups -OCH3 is 1. The molecule has 0 aliphatic carbocycles. The number of imidazole rings is 1. The highest BCUT2D eigenvalue weighted by Crippen LogP contribution is 2.29. The summed E-state index contributed by atoms with van der Waals surface area (Å²) < 4.78 is 16.2. The minimum absolute atomic E-state index is 0.289. The van der Waals surface area contributed by atoms with Gasteiger partial charge in [0.2, 0.25) is 5.95 Å². The number of hydrogen-bond donors (Lipinski definition) is 2. The van der Waals surface area contributed by atoms with Gasteiger partial charge in [-0.1, -0.05) is 6.07 Å². The molecule has 6 rings (SSSR count). The fourth-order valence-electron chi connectivity index (χ4n) is 5.25. The van der Waals surface area contributed by atoms with E-state index in [9.17, 15) is 0 Å². The van der Waals surface area contributed by atoms with E-state index in [1.54, 1.807) is 13.3 Å². The predicted octanol–water partition coefficient (Wildman–Crippen LogP) is 3.96. The summed E-state index contributed by atoms with van der Waals surface area (Å²) in [5, 5.41) is 3.34. The average Bonchev–Trinajstić information content (AvgIpc) is 3.35. The Morgan fingerprint density at radius 3 is 2.67 bits per heavy atom. The molecule has 3 aromatic heterocycles. The first-order valence-electron chi connectivity index (χ1n) is 13.6. The Morgan fingerprint density at radius 1 is 1.05 bits per heavy atom. The van der Waals surface area contributed by atoms with Crippen molar-refractivity contribution < 1.29 is 9.47 Å². The number of benzene rings is 1. The predicted molar refractivity (Wildman–Crippen MR) is 157 cm³/mol. The van der Waals surface area contributed by atoms with E-state index in [2.05, 4.69) is 64.7 Å². The number of aromatic amines is 1. The molecule has 2 aliphatic rings. The molecular weight excluding hydrogens is 526 g/mol. The number of aromatic nitrogens is 5. The average molecular weight is 562 g/mol. The minimum atomic E-state index is 0.289. The maximum absolute atomic E-state index is 5.87. The van der Waals surface area contributed by atoms with Gasteiger partial charge in [0.1, 0.15) is 17.8 Å². The first-order chi connectivity index (χ1) is 19.5. The summed E-state index contributed by atoms with van der Waals surface area (Å²) in [5.41, 5.74) is 4.64. The van der Waals surface area contributed by atoms with E-state index < -0.39 is 0 Å². The molecular formula is C28H35N9O2S. The summed E-state index contributed by atoms with van der Waals surface area (Å²) in [4.78, 5) is 23.5. The number of nitrogens with zero attached hydrogens (tertiary/aromatic N) is 7. The second-order valence-corrected chi connectivity index (χ2v) is 11.5. The molecule has 1 aromatic carbocycles. The molecule has 4 aromatic rings. The van der Waals surface area contributed by atoms with Crippen molar-refractivity contribution in [3.8, 4) is 17.0 Å². The highest BCUT2D eigenvalue weighted by molar-refractivity contribution is 7.94. The molecule has 210 valence electrons. The van der Waals surface area contributed by atoms with Crippen LogP contribution in [0.1, 0.15) is 19.4 Å². The highest BCUT2D eigenvalue weighted by atomic mass is 32.2. The summed E-state index contributed by atoms with van der Waals surface area (Å²) in [6.45, 7) is 11.3. The van der Waals surface area contributed by atoms with Crippen molar-refractivity contribution in [3.05, 3.63) is 54.6 Å². The fourth-order valence-corrected chi connectivity index (χ4v) is 6.46. The van der Waals surface area contributed by atoms with E-state index in [4.69, 9.17) is 14.5 Å². The van der Waals surface area contributed by atoms with Crippen LogP contribution in [-0.4, -0.2) is 97.0 Å². The fraction of sp³-hybridized carbons (Fsp3) is 0.429. The van der Waals surface area contributed by atoms with Gasteiger partial charge in [-0.2, -0.15) is 0 Å². The third-order valence-corrected chi connectivity index (χ3v) is 8.20. The number of nitrogens with one attached hydrogen (secondary N) is 2. The van der Waals surface area contributed by atoms with Gasteiger partial charge in [0.15, 0.2) is 5.75 Å². The molecule has 11 nitrogen and oxygen atoms in total. The van der Waals surface area contributed by atoms with Gasteiger partial charge in [-0.3, -0.25) is 4.90 Å². The SMILES string of the molecule is COc1cncnc1-c1ccc2nc(Nc3cc(CN4CCN(SN5CC(C)OC(C)C5)CC4)ccn3)[nH]c2c1. The van der Waals surface area contributed by atoms with E-state index in [1.807, 2.05) is 36.5 Å². The number of hydrogen-bond acceptors (Lipinski definition) is 11. The number of pyridine rings is 1. The van der Waals surface area contributed by atoms with Gasteiger partial charge in [-0.15, -0.1) is 0 Å². The lowest BCUT2D eigenvalue weighted by atomic mass is 10.1. The number of rotatable bonds is 8. The van der Waals surface area contributed by atoms with Crippen molar-refractivity contribution in [1.29, 1.82) is 0 Å². The standard InChI is InChI=1S/C28H35N9O2S/c1-19-15-37(16-20(2)39-19)40-36-10-8-35(9-11-36)17-21-6-7-30-26(12-21)34-28-32-23-5-4-22(13-24(23)33-28)27-25(38-3)14-29-18-31-27/h4-7,12-14,18-20H,8-11,15-17H2,1-3H3,(H2,30,32,33,34). The van der Waals surface area contributed by atoms with Crippen molar-refractivity contribution >= 4 is 34.9 Å². The van der Waals surface area contributed by atoms with Crippen LogP contribution in [0.4, 0.5) is 11.8 Å². The van der Waals surface area contributed by atoms with Gasteiger partial charge in [0.05, 0.1) is 36.5 Å². The molecule has 2 unspecified atom stereocenters. The van der Waals surface area contributed by atoms with Crippen LogP contribution in [0.3, 0.4) is 0 Å². The molecule has 2 saturated heterocycles. The van der Waals surface area contributed by atoms with Crippen LogP contribution in [0.25, 0.3) is 22.3 Å². The van der Waals surface area contributed by atoms with Crippen LogP contribution in [-0.2, 0) is 11.3 Å². The van der Waals surface area contributed by atoms with Gasteiger partial charge in [-0.25, -0.2) is 28.5 Å². The Morgan fingerprint density at radius 2 is 1.88 bits per heavy atom. The number of morpholine rings is 1. The van der Waals surface area contributed by atoms with Gasteiger partial charge in [0.25, 0.3) is 0 Å². The van der Waals surface area contributed by atoms with E-state index in [0.717, 1.165) is 73.9 Å². The van der Waals surface area contributed by atoms with Crippen LogP contribution in [0.15, 0.2) is 49.1 Å². The topological polar surface area (TPSA) is 108 Å². The smallest absolute Gasteiger partial charge is 0.206 e. The van der Waals surface area contributed by atoms with Crippen molar-refractivity contribution in [2.75, 3.05) is 51.7 Å². The Balaban J connectivity index is 1.05. The summed E-state index contributed by atoms with van der Waals surface area (Å²) >= 11 is 1.88. The molecule has 2 N–H and O–H groups in total. The number of piperazine rings is 1. The highest BCUT2D eigenvalue weighted by Gasteiger charge is 2.26. The monoisotopic (exact) mass is 561 g/mol. The van der Waals surface area contributed by atoms with Crippen LogP contribution < -0.4 is 10.1 Å². The molecule has 5 heterocycles. The zero-order valence-corrected chi connectivity index (χ0v) is 23.9. The molecule has 2 fully saturated rings. The van der Waals surface area contributed by atoms with E-state index in [0.29, 0.717) is 11.7 Å². The van der Waals surface area contributed by atoms with Crippen molar-refractivity contribution in [1.82, 2.24) is 38.4 Å². The lowest BCUT2D eigenvalue weighted by Gasteiger charge is -2.39. The first-order valence-corrected chi connectivity index (χ1v) is 14.4. The Bertz CT molecular complexity index is 1430. The second-order valence-electron chi connectivity index (χ2n) is 10.3. The molecule has 0 radical (unpaired) electrons. The maximum Gasteiger partial charge on any atom is 0.206 e. The Labute approximate surface area is 238 Å². The Hall–Kier alpha value is -3.29. The van der Waals surface area contributed by atoms with Crippen molar-refractivity contribution in [3.63, 3.8) is 0 Å². The van der Waals surface area contributed by atoms with Gasteiger partial charge in [-0.05, 0) is 43.7 Å². The number of ether oxygens (including phenoxy) is 2. The van der Waals surface area contributed by atoms with E-state index in [1.165, 1.54) is 11.9 Å². The molecule has 2 atom stereocenters. The minimum Gasteiger partial charge on any atom is -0.493 e. The largest absolute Gasteiger partial charge is 0.493 e. The molecule has 2 aliphatic heterocycles. The zero-order chi connectivity index (χ0) is 27.5. The van der Waals surface area contributed by atoms with Crippen molar-refractivity contribution in [2.24, 2.45) is 0 Å². The van der Waals surface area contributed by atoms with Gasteiger partial charge < -0.3 is 19.8 Å². The third kappa shape index (κ3) is 6.37. The van der Waals surface area contributed by atoms with Crippen LogP contribution in [0.2, 0.25) is 0 Å². The first kappa shape index (κ1) is 26.9. The number of anilines is 2. The lowest BCUT2D eigenvalue weighted by molar-refractivity contribution is -0.0424. The quantitative estimate of drug-likeness (QED) is 0.305. The summed E-state index contributed by atoms with van der Waals surface area (Å²) in [6, 6.07) is 10.2. The lowest BCUT2D eigenvalue weighted by Crippen LogP contribution is -2.47. The molecule has 0 amide bonds. The van der Waals surface area contributed by atoms with Crippen LogP contribution in [0, 0.1) is 0 Å². The van der Waals surface area contributed by atoms with Crippen LogP contribution >= 0.6 is 12.1 Å². The van der Waals surface area contributed by atoms with Crippen molar-refractivity contribution in [2.45, 2.75) is 32.6 Å². The molecule has 0 spiro atoms.